The van der Waals surface area contributed by atoms with Gasteiger partial charge >= 0.3 is 5.97 Å². The van der Waals surface area contributed by atoms with Gasteiger partial charge in [-0.2, -0.15) is 0 Å². The Morgan fingerprint density at radius 2 is 1.41 bits per heavy atom. The summed E-state index contributed by atoms with van der Waals surface area (Å²) in [6.45, 7) is 17.2. The predicted molar refractivity (Wildman–Crippen MR) is 267 cm³/mol. The number of halogens is 1. The van der Waals surface area contributed by atoms with E-state index in [-0.39, 0.29) is 43.5 Å². The third-order valence-corrected chi connectivity index (χ3v) is 12.1. The highest BCUT2D eigenvalue weighted by Gasteiger charge is 2.34. The number of nitrogens with zero attached hydrogens (tertiary/aromatic N) is 2. The molecule has 0 bridgehead atoms. The van der Waals surface area contributed by atoms with Crippen LogP contribution in [0.25, 0.3) is 0 Å². The van der Waals surface area contributed by atoms with Gasteiger partial charge in [-0.15, -0.1) is 0 Å². The molecule has 5 N–H and O–H groups in total. The largest absolute Gasteiger partial charge is 0.495 e. The minimum absolute atomic E-state index is 0.0575. The lowest BCUT2D eigenvalue weighted by Gasteiger charge is -2.34. The molecule has 16 heteroatoms. The van der Waals surface area contributed by atoms with Gasteiger partial charge in [-0.3, -0.25) is 29.0 Å². The van der Waals surface area contributed by atoms with Crippen LogP contribution in [0, 0.1) is 11.3 Å². The molecule has 3 unspecified atom stereocenters. The molecule has 4 atom stereocenters. The molecule has 15 nitrogen and oxygen atoms in total. The minimum Gasteiger partial charge on any atom is -0.495 e. The van der Waals surface area contributed by atoms with Gasteiger partial charge in [-0.25, -0.2) is 4.79 Å². The average Bonchev–Trinajstić information content (AvgIpc) is 3.30. The quantitative estimate of drug-likeness (QED) is 0.0457. The van der Waals surface area contributed by atoms with Gasteiger partial charge in [0.1, 0.15) is 17.8 Å². The molecule has 0 saturated carbocycles. The van der Waals surface area contributed by atoms with Gasteiger partial charge in [0.05, 0.1) is 43.4 Å². The number of hydrogen-bond acceptors (Lipinski definition) is 11. The van der Waals surface area contributed by atoms with Gasteiger partial charge in [0.15, 0.2) is 0 Å². The maximum atomic E-state index is 13.7. The summed E-state index contributed by atoms with van der Waals surface area (Å²) in [7, 11) is 4.54. The number of carbonyl (C=O) groups excluding carboxylic acids is 5. The van der Waals surface area contributed by atoms with Crippen molar-refractivity contribution >= 4 is 46.9 Å². The first-order chi connectivity index (χ1) is 32.4. The highest BCUT2D eigenvalue weighted by atomic mass is 35.5. The van der Waals surface area contributed by atoms with Crippen molar-refractivity contribution in [3.05, 3.63) is 106 Å². The van der Waals surface area contributed by atoms with Crippen LogP contribution in [-0.2, 0) is 53.0 Å². The van der Waals surface area contributed by atoms with E-state index in [2.05, 4.69) is 72.8 Å². The third-order valence-electron chi connectivity index (χ3n) is 11.9. The average molecular weight is 961 g/mol. The molecule has 4 rings (SSSR count). The molecule has 372 valence electrons. The normalized spacial score (nSPS) is 15.3. The fourth-order valence-electron chi connectivity index (χ4n) is 7.79. The lowest BCUT2D eigenvalue weighted by Crippen LogP contribution is -2.53. The summed E-state index contributed by atoms with van der Waals surface area (Å²) in [5.74, 6) is -1.35. The second-order valence-electron chi connectivity index (χ2n) is 18.7. The van der Waals surface area contributed by atoms with E-state index in [0.717, 1.165) is 50.5 Å². The van der Waals surface area contributed by atoms with Gasteiger partial charge in [-0.1, -0.05) is 74.0 Å². The molecule has 68 heavy (non-hydrogen) atoms. The van der Waals surface area contributed by atoms with Crippen molar-refractivity contribution in [2.24, 2.45) is 11.3 Å². The zero-order chi connectivity index (χ0) is 49.8. The Hall–Kier alpha value is -5.32. The van der Waals surface area contributed by atoms with Crippen molar-refractivity contribution in [1.82, 2.24) is 31.1 Å². The summed E-state index contributed by atoms with van der Waals surface area (Å²) < 4.78 is 16.5. The van der Waals surface area contributed by atoms with Crippen molar-refractivity contribution in [2.75, 3.05) is 65.9 Å². The number of allylic oxidation sites excluding steroid dienone is 1. The van der Waals surface area contributed by atoms with Crippen molar-refractivity contribution in [3.8, 4) is 5.75 Å². The molecule has 3 aromatic carbocycles. The smallest absolute Gasteiger partial charge is 0.328 e. The number of carbonyl (C=O) groups is 5. The molecule has 1 heterocycles. The van der Waals surface area contributed by atoms with Crippen LogP contribution in [0.3, 0.4) is 0 Å². The lowest BCUT2D eigenvalue weighted by atomic mass is 9.91. The number of nitrogens with one attached hydrogen (secondary N) is 5. The Kier molecular flexibility index (Phi) is 22.5. The maximum absolute atomic E-state index is 13.7. The van der Waals surface area contributed by atoms with E-state index in [1.165, 1.54) is 31.4 Å². The number of esters is 1. The molecular formula is C52H74ClN7O8. The highest BCUT2D eigenvalue weighted by molar-refractivity contribution is 6.32. The summed E-state index contributed by atoms with van der Waals surface area (Å²) in [5, 5.41) is 14.5. The third kappa shape index (κ3) is 18.6. The number of benzene rings is 3. The lowest BCUT2D eigenvalue weighted by molar-refractivity contribution is -0.147. The Morgan fingerprint density at radius 1 is 0.809 bits per heavy atom. The number of hydrogen-bond donors (Lipinski definition) is 5. The van der Waals surface area contributed by atoms with Crippen LogP contribution >= 0.6 is 11.6 Å². The number of piperazine rings is 1. The number of rotatable bonds is 26. The molecule has 1 fully saturated rings. The minimum atomic E-state index is -1.10. The molecule has 1 saturated heterocycles. The highest BCUT2D eigenvalue weighted by Crippen LogP contribution is 2.26. The van der Waals surface area contributed by atoms with Crippen LogP contribution in [0.2, 0.25) is 5.02 Å². The predicted octanol–water partition coefficient (Wildman–Crippen LogP) is 6.20. The molecular weight excluding hydrogens is 886 g/mol. The Balaban J connectivity index is 1.23. The SMILES string of the molecule is CNCC(=O)Nc1ccc(CN2CCN(Cc3ccc(C(C)OC(C)CC/C=C/C(=O)N[C@H](Cc4ccc(OC)c(Cl)c4)C(=O)NCC(C)(C)C(=O)NC(CC(C)C)C(=O)OC)cc3)CC2)cc1. The van der Waals surface area contributed by atoms with Crippen LogP contribution in [0.4, 0.5) is 5.69 Å². The second kappa shape index (κ2) is 27.6. The fourth-order valence-corrected chi connectivity index (χ4v) is 8.07. The van der Waals surface area contributed by atoms with E-state index in [0.29, 0.717) is 35.6 Å². The number of methoxy groups -OCH3 is 2. The molecule has 1 aliphatic heterocycles. The fraction of sp³-hybridized carbons (Fsp3) is 0.519. The zero-order valence-corrected chi connectivity index (χ0v) is 42.2. The topological polar surface area (TPSA) is 180 Å². The summed E-state index contributed by atoms with van der Waals surface area (Å²) in [5.41, 5.74) is 3.98. The van der Waals surface area contributed by atoms with E-state index in [1.807, 2.05) is 39.8 Å². The monoisotopic (exact) mass is 960 g/mol. The summed E-state index contributed by atoms with van der Waals surface area (Å²) >= 11 is 6.39. The van der Waals surface area contributed by atoms with Gasteiger partial charge in [-0.05, 0) is 113 Å². The molecule has 0 radical (unpaired) electrons. The van der Waals surface area contributed by atoms with Gasteiger partial charge in [0.25, 0.3) is 0 Å². The van der Waals surface area contributed by atoms with Crippen LogP contribution < -0.4 is 31.3 Å². The van der Waals surface area contributed by atoms with Crippen LogP contribution in [0.5, 0.6) is 5.75 Å². The molecule has 4 amide bonds. The van der Waals surface area contributed by atoms with E-state index < -0.39 is 41.2 Å². The van der Waals surface area contributed by atoms with Crippen LogP contribution in [0.1, 0.15) is 89.2 Å². The van der Waals surface area contributed by atoms with Gasteiger partial charge in [0, 0.05) is 57.9 Å². The van der Waals surface area contributed by atoms with Crippen LogP contribution in [-0.4, -0.2) is 118 Å². The summed E-state index contributed by atoms with van der Waals surface area (Å²) in [4.78, 5) is 69.4. The molecule has 1 aliphatic rings. The van der Waals surface area contributed by atoms with E-state index >= 15 is 0 Å². The van der Waals surface area contributed by atoms with E-state index in [1.54, 1.807) is 45.2 Å². The standard InChI is InChI=1S/C52H74ClN7O8/c1-35(2)28-45(50(64)67-9)58-51(65)52(5,6)34-55-49(63)44(30-40-18-23-46(66-8)43(53)29-40)57-47(61)13-11-10-12-36(3)68-37(4)41-19-14-38(15-20-41)32-59-24-26-60(27-25-59)33-39-16-21-42(22-17-39)56-48(62)31-54-7/h11,13-23,29,35-37,44-45,54H,10,12,24-28,30-34H2,1-9H3,(H,55,63)(H,56,62)(H,57,61)(H,58,65)/b13-11+/t36?,37?,44-,45?/m1/s1. The second-order valence-corrected chi connectivity index (χ2v) is 19.1. The Bertz CT molecular complexity index is 2120. The zero-order valence-electron chi connectivity index (χ0n) is 41.4. The van der Waals surface area contributed by atoms with Crippen LogP contribution in [0.15, 0.2) is 78.9 Å². The molecule has 3 aromatic rings. The number of anilines is 1. The van der Waals surface area contributed by atoms with Crippen molar-refractivity contribution < 1.29 is 38.2 Å². The Labute approximate surface area is 408 Å². The van der Waals surface area contributed by atoms with Crippen molar-refractivity contribution in [2.45, 2.75) is 105 Å². The first-order valence-corrected chi connectivity index (χ1v) is 24.0. The van der Waals surface area contributed by atoms with Gasteiger partial charge in [0.2, 0.25) is 23.6 Å². The molecule has 0 aromatic heterocycles. The summed E-state index contributed by atoms with van der Waals surface area (Å²) in [6.07, 6.45) is 4.77. The van der Waals surface area contributed by atoms with Crippen molar-refractivity contribution in [1.29, 1.82) is 0 Å². The molecule has 0 aliphatic carbocycles. The number of ether oxygens (including phenoxy) is 3. The number of likely N-dealkylation sites (N-methyl/N-ethyl adjacent to an activating group) is 1. The molecule has 0 spiro atoms. The Morgan fingerprint density at radius 3 is 1.97 bits per heavy atom. The maximum Gasteiger partial charge on any atom is 0.328 e. The van der Waals surface area contributed by atoms with E-state index in [4.69, 9.17) is 25.8 Å². The van der Waals surface area contributed by atoms with Gasteiger partial charge < -0.3 is 40.8 Å². The van der Waals surface area contributed by atoms with E-state index in [9.17, 15) is 24.0 Å². The van der Waals surface area contributed by atoms with Crippen molar-refractivity contribution in [3.63, 3.8) is 0 Å². The number of amides is 4. The summed E-state index contributed by atoms with van der Waals surface area (Å²) in [6, 6.07) is 20.0. The first kappa shape index (κ1) is 55.3. The first-order valence-electron chi connectivity index (χ1n) is 23.6.